The van der Waals surface area contributed by atoms with E-state index in [0.717, 1.165) is 5.56 Å². The molecule has 0 spiro atoms. The number of ketones is 1. The van der Waals surface area contributed by atoms with Crippen LogP contribution >= 0.6 is 34.7 Å². The van der Waals surface area contributed by atoms with Crippen molar-refractivity contribution in [3.8, 4) is 0 Å². The second-order valence-electron chi connectivity index (χ2n) is 7.82. The fourth-order valence-electron chi connectivity index (χ4n) is 3.72. The van der Waals surface area contributed by atoms with Crippen LogP contribution in [0.2, 0.25) is 5.02 Å². The second kappa shape index (κ2) is 9.69. The molecule has 0 bridgehead atoms. The molecule has 2 aromatic heterocycles. The summed E-state index contributed by atoms with van der Waals surface area (Å²) < 4.78 is 5.91. The molecular formula is C25H18ClN3O4S2. The molecule has 1 amide bonds. The number of hydrogen-bond donors (Lipinski definition) is 1. The first-order chi connectivity index (χ1) is 16.9. The molecule has 7 nitrogen and oxygen atoms in total. The van der Waals surface area contributed by atoms with E-state index in [2.05, 4.69) is 22.3 Å². The number of carbonyl (C=O) groups excluding carboxylic acids is 2. The summed E-state index contributed by atoms with van der Waals surface area (Å²) >= 11 is 8.77. The summed E-state index contributed by atoms with van der Waals surface area (Å²) in [5.41, 5.74) is 2.83. The highest BCUT2D eigenvalue weighted by molar-refractivity contribution is 8.00. The van der Waals surface area contributed by atoms with Gasteiger partial charge < -0.3 is 9.52 Å². The number of thioether (sulfide) groups is 1. The summed E-state index contributed by atoms with van der Waals surface area (Å²) in [7, 11) is 0. The predicted molar refractivity (Wildman–Crippen MR) is 135 cm³/mol. The molecule has 4 aromatic rings. The van der Waals surface area contributed by atoms with E-state index in [1.54, 1.807) is 30.3 Å². The number of carbonyl (C=O) groups is 2. The number of aliphatic hydroxyl groups is 1. The smallest absolute Gasteiger partial charge is 0.296 e. The van der Waals surface area contributed by atoms with Gasteiger partial charge in [-0.15, -0.1) is 10.2 Å². The van der Waals surface area contributed by atoms with Gasteiger partial charge in [0.1, 0.15) is 0 Å². The first-order valence-corrected chi connectivity index (χ1v) is 12.7. The standard InChI is InChI=1S/C25H18ClN3O4S2/c1-14-4-6-15(7-5-14)13-34-25-28-27-24(35-25)29-20(16-8-10-17(26)11-9-16)19(22(31)23(29)32)21(30)18-3-2-12-33-18/h2-12,20,31H,13H2,1H3. The summed E-state index contributed by atoms with van der Waals surface area (Å²) in [5, 5.41) is 20.0. The molecule has 2 aromatic carbocycles. The molecule has 0 saturated heterocycles. The normalized spacial score (nSPS) is 15.8. The molecule has 1 aliphatic heterocycles. The van der Waals surface area contributed by atoms with E-state index in [1.807, 2.05) is 19.1 Å². The summed E-state index contributed by atoms with van der Waals surface area (Å²) in [6.45, 7) is 2.03. The molecule has 1 N–H and O–H groups in total. The molecule has 1 aliphatic rings. The highest BCUT2D eigenvalue weighted by Crippen LogP contribution is 2.44. The minimum absolute atomic E-state index is 0.0202. The maximum Gasteiger partial charge on any atom is 0.296 e. The van der Waals surface area contributed by atoms with E-state index in [0.29, 0.717) is 20.7 Å². The lowest BCUT2D eigenvalue weighted by Gasteiger charge is -2.23. The number of halogens is 1. The quantitative estimate of drug-likeness (QED) is 0.176. The summed E-state index contributed by atoms with van der Waals surface area (Å²) in [5.74, 6) is -1.25. The second-order valence-corrected chi connectivity index (χ2v) is 10.4. The van der Waals surface area contributed by atoms with Crippen LogP contribution < -0.4 is 4.90 Å². The molecule has 0 saturated carbocycles. The average molecular weight is 524 g/mol. The highest BCUT2D eigenvalue weighted by Gasteiger charge is 2.46. The number of nitrogens with zero attached hydrogens (tertiary/aromatic N) is 3. The van der Waals surface area contributed by atoms with E-state index in [9.17, 15) is 14.7 Å². The molecule has 0 aliphatic carbocycles. The number of furan rings is 1. The van der Waals surface area contributed by atoms with Crippen molar-refractivity contribution < 1.29 is 19.1 Å². The Morgan fingerprint density at radius 3 is 2.57 bits per heavy atom. The maximum absolute atomic E-state index is 13.2. The van der Waals surface area contributed by atoms with Gasteiger partial charge in [-0.25, -0.2) is 0 Å². The number of aliphatic hydroxyl groups excluding tert-OH is 1. The number of aromatic nitrogens is 2. The van der Waals surface area contributed by atoms with Crippen LogP contribution in [0.5, 0.6) is 0 Å². The summed E-state index contributed by atoms with van der Waals surface area (Å²) in [6, 6.07) is 17.1. The zero-order valence-electron chi connectivity index (χ0n) is 18.3. The average Bonchev–Trinajstić information content (AvgIpc) is 3.60. The van der Waals surface area contributed by atoms with Gasteiger partial charge >= 0.3 is 0 Å². The summed E-state index contributed by atoms with van der Waals surface area (Å²) in [4.78, 5) is 27.7. The van der Waals surface area contributed by atoms with Gasteiger partial charge in [0, 0.05) is 10.8 Å². The molecule has 5 rings (SSSR count). The van der Waals surface area contributed by atoms with Gasteiger partial charge in [0.2, 0.25) is 10.9 Å². The van der Waals surface area contributed by atoms with Crippen molar-refractivity contribution in [3.63, 3.8) is 0 Å². The molecule has 35 heavy (non-hydrogen) atoms. The maximum atomic E-state index is 13.2. The molecule has 1 atom stereocenters. The number of Topliss-reactive ketones (excluding diaryl/α,β-unsaturated/α-hetero) is 1. The molecule has 1 unspecified atom stereocenters. The molecule has 0 radical (unpaired) electrons. The Labute approximate surface area is 214 Å². The Morgan fingerprint density at radius 1 is 1.14 bits per heavy atom. The fourth-order valence-corrected chi connectivity index (χ4v) is 5.67. The topological polar surface area (TPSA) is 96.5 Å². The van der Waals surface area contributed by atoms with E-state index in [-0.39, 0.29) is 16.5 Å². The molecular weight excluding hydrogens is 506 g/mol. The van der Waals surface area contributed by atoms with Gasteiger partial charge in [-0.1, -0.05) is 76.7 Å². The Balaban J connectivity index is 1.48. The minimum Gasteiger partial charge on any atom is -0.503 e. The first kappa shape index (κ1) is 23.3. The van der Waals surface area contributed by atoms with Crippen molar-refractivity contribution >= 4 is 51.5 Å². The van der Waals surface area contributed by atoms with Gasteiger partial charge in [0.25, 0.3) is 5.91 Å². The first-order valence-electron chi connectivity index (χ1n) is 10.5. The van der Waals surface area contributed by atoms with Crippen LogP contribution in [-0.4, -0.2) is 27.0 Å². The van der Waals surface area contributed by atoms with Crippen molar-refractivity contribution in [2.24, 2.45) is 0 Å². The molecule has 176 valence electrons. The zero-order valence-corrected chi connectivity index (χ0v) is 20.7. The number of aryl methyl sites for hydroxylation is 1. The third-order valence-corrected chi connectivity index (χ3v) is 7.85. The highest BCUT2D eigenvalue weighted by atomic mass is 35.5. The van der Waals surface area contributed by atoms with E-state index in [1.165, 1.54) is 45.9 Å². The van der Waals surface area contributed by atoms with Crippen LogP contribution in [-0.2, 0) is 10.5 Å². The Bertz CT molecular complexity index is 1410. The van der Waals surface area contributed by atoms with E-state index < -0.39 is 23.5 Å². The van der Waals surface area contributed by atoms with Gasteiger partial charge in [0.15, 0.2) is 15.9 Å². The van der Waals surface area contributed by atoms with Gasteiger partial charge in [-0.05, 0) is 42.3 Å². The third kappa shape index (κ3) is 4.62. The van der Waals surface area contributed by atoms with Crippen LogP contribution in [0.3, 0.4) is 0 Å². The third-order valence-electron chi connectivity index (χ3n) is 5.47. The largest absolute Gasteiger partial charge is 0.503 e. The monoisotopic (exact) mass is 523 g/mol. The number of rotatable bonds is 7. The van der Waals surface area contributed by atoms with Crippen molar-refractivity contribution in [1.29, 1.82) is 0 Å². The molecule has 0 fully saturated rings. The van der Waals surface area contributed by atoms with Crippen LogP contribution in [0.25, 0.3) is 0 Å². The molecule has 3 heterocycles. The zero-order chi connectivity index (χ0) is 24.5. The van der Waals surface area contributed by atoms with Gasteiger partial charge in [-0.2, -0.15) is 0 Å². The SMILES string of the molecule is Cc1ccc(CSc2nnc(N3C(=O)C(O)=C(C(=O)c4ccco4)C3c3ccc(Cl)cc3)s2)cc1. The lowest BCUT2D eigenvalue weighted by atomic mass is 9.95. The van der Waals surface area contributed by atoms with Crippen LogP contribution in [0.1, 0.15) is 33.3 Å². The lowest BCUT2D eigenvalue weighted by Crippen LogP contribution is -2.31. The van der Waals surface area contributed by atoms with Gasteiger partial charge in [-0.3, -0.25) is 14.5 Å². The van der Waals surface area contributed by atoms with Crippen molar-refractivity contribution in [2.45, 2.75) is 23.1 Å². The van der Waals surface area contributed by atoms with Crippen molar-refractivity contribution in [3.05, 3.63) is 106 Å². The fraction of sp³-hybridized carbons (Fsp3) is 0.120. The van der Waals surface area contributed by atoms with Crippen molar-refractivity contribution in [2.75, 3.05) is 4.90 Å². The van der Waals surface area contributed by atoms with Crippen LogP contribution in [0, 0.1) is 6.92 Å². The van der Waals surface area contributed by atoms with E-state index >= 15 is 0 Å². The van der Waals surface area contributed by atoms with E-state index in [4.69, 9.17) is 16.0 Å². The molecule has 10 heteroatoms. The lowest BCUT2D eigenvalue weighted by molar-refractivity contribution is -0.117. The number of benzene rings is 2. The Hall–Kier alpha value is -3.40. The van der Waals surface area contributed by atoms with Crippen LogP contribution in [0.15, 0.2) is 87.0 Å². The summed E-state index contributed by atoms with van der Waals surface area (Å²) in [6.07, 6.45) is 1.36. The minimum atomic E-state index is -0.916. The number of anilines is 1. The number of hydrogen-bond acceptors (Lipinski definition) is 8. The van der Waals surface area contributed by atoms with Crippen molar-refractivity contribution in [1.82, 2.24) is 10.2 Å². The Morgan fingerprint density at radius 2 is 1.89 bits per heavy atom. The van der Waals surface area contributed by atoms with Gasteiger partial charge in [0.05, 0.1) is 17.9 Å². The number of amides is 1. The van der Waals surface area contributed by atoms with Crippen LogP contribution in [0.4, 0.5) is 5.13 Å². The predicted octanol–water partition coefficient (Wildman–Crippen LogP) is 6.17. The Kier molecular flexibility index (Phi) is 6.46.